The highest BCUT2D eigenvalue weighted by Gasteiger charge is 2.97. The van der Waals surface area contributed by atoms with Crippen LogP contribution in [0.4, 0.5) is 110 Å². The quantitative estimate of drug-likeness (QED) is 0.0798. The van der Waals surface area contributed by atoms with Crippen LogP contribution in [0.2, 0.25) is 0 Å². The lowest BCUT2D eigenvalue weighted by Gasteiger charge is -2.43. The molecule has 0 heterocycles. The Morgan fingerprint density at radius 1 is 0.532 bits per heavy atom. The second-order valence-electron chi connectivity index (χ2n) is 8.27. The Balaban J connectivity index is 7.38. The van der Waals surface area contributed by atoms with Crippen molar-refractivity contribution in [3.05, 3.63) is 12.7 Å². The van der Waals surface area contributed by atoms with Gasteiger partial charge in [-0.25, -0.2) is 13.2 Å². The average molecular weight is 783 g/mol. The Kier molecular flexibility index (Phi) is 10.6. The Morgan fingerprint density at radius 2 is 0.830 bits per heavy atom. The van der Waals surface area contributed by atoms with Crippen LogP contribution in [0, 0.1) is 0 Å². The van der Waals surface area contributed by atoms with Gasteiger partial charge in [0.15, 0.2) is 0 Å². The molecule has 0 fully saturated rings. The molecule has 0 aliphatic rings. The number of esters is 1. The molecule has 0 saturated carbocycles. The normalized spacial score (nSPS) is 16.4. The van der Waals surface area contributed by atoms with Crippen molar-refractivity contribution in [2.45, 2.75) is 71.0 Å². The molecule has 0 aliphatic heterocycles. The van der Waals surface area contributed by atoms with Crippen molar-refractivity contribution < 1.29 is 128 Å². The molecule has 0 bridgehead atoms. The minimum absolute atomic E-state index is 0.584. The third-order valence-corrected chi connectivity index (χ3v) is 7.16. The SMILES string of the molecule is C=CC(=O)OC(F)(F)C(F)(F)C(F)(F)C(F)(F)N(C)S(=O)(=O)C(F)(F)C(F)(F)C(F)(F)C(F)(F)C(F)(F)C(F)(F)C(F)(F)C(F)(F)F. The second-order valence-corrected chi connectivity index (χ2v) is 10.3. The van der Waals surface area contributed by atoms with Gasteiger partial charge in [-0.15, -0.1) is 4.31 Å². The maximum absolute atomic E-state index is 14.1. The van der Waals surface area contributed by atoms with E-state index in [0.29, 0.717) is 0 Å². The van der Waals surface area contributed by atoms with Crippen LogP contribution in [-0.2, 0) is 19.6 Å². The summed E-state index contributed by atoms with van der Waals surface area (Å²) in [4.78, 5) is 10.6. The van der Waals surface area contributed by atoms with E-state index in [0.717, 1.165) is 0 Å². The molecule has 0 rings (SSSR count). The van der Waals surface area contributed by atoms with Crippen molar-refractivity contribution in [1.29, 1.82) is 0 Å². The van der Waals surface area contributed by atoms with Crippen molar-refractivity contribution in [2.75, 3.05) is 7.05 Å². The van der Waals surface area contributed by atoms with Crippen molar-refractivity contribution in [2.24, 2.45) is 0 Å². The summed E-state index contributed by atoms with van der Waals surface area (Å²) in [6, 6.07) is -8.18. The monoisotopic (exact) mass is 783 g/mol. The largest absolute Gasteiger partial charge is 0.473 e. The first-order valence-corrected chi connectivity index (χ1v) is 11.4. The minimum atomic E-state index is -9.50. The number of carbonyl (C=O) groups is 1. The lowest BCUT2D eigenvalue weighted by Crippen LogP contribution is -2.76. The second kappa shape index (κ2) is 11.2. The van der Waals surface area contributed by atoms with Gasteiger partial charge in [-0.3, -0.25) is 0 Å². The van der Waals surface area contributed by atoms with Gasteiger partial charge in [0.2, 0.25) is 0 Å². The molecule has 0 spiro atoms. The zero-order valence-corrected chi connectivity index (χ0v) is 21.5. The lowest BCUT2D eigenvalue weighted by atomic mass is 9.91. The zero-order valence-electron chi connectivity index (χ0n) is 20.7. The van der Waals surface area contributed by atoms with Gasteiger partial charge >= 0.3 is 76.9 Å². The van der Waals surface area contributed by atoms with Crippen LogP contribution in [0.25, 0.3) is 0 Å². The highest BCUT2D eigenvalue weighted by Crippen LogP contribution is 2.65. The molecule has 5 nitrogen and oxygen atoms in total. The van der Waals surface area contributed by atoms with Gasteiger partial charge in [0.05, 0.1) is 0 Å². The molecular weight excluding hydrogens is 777 g/mol. The molecule has 31 heteroatoms. The fourth-order valence-corrected chi connectivity index (χ4v) is 3.65. The summed E-state index contributed by atoms with van der Waals surface area (Å²) < 4.78 is 358. The van der Waals surface area contributed by atoms with Crippen LogP contribution >= 0.6 is 0 Å². The molecule has 0 aromatic carbocycles. The van der Waals surface area contributed by atoms with E-state index >= 15 is 0 Å². The van der Waals surface area contributed by atoms with Crippen molar-refractivity contribution >= 4 is 16.0 Å². The van der Waals surface area contributed by atoms with E-state index in [9.17, 15) is 123 Å². The van der Waals surface area contributed by atoms with Crippen LogP contribution in [-0.4, -0.2) is 96.7 Å². The summed E-state index contributed by atoms with van der Waals surface area (Å²) in [6.07, 6.45) is -16.1. The summed E-state index contributed by atoms with van der Waals surface area (Å²) in [6.45, 7) is 2.22. The number of hydrogen-bond donors (Lipinski definition) is 0. The minimum Gasteiger partial charge on any atom is -0.393 e. The number of rotatable bonds is 14. The molecule has 0 unspecified atom stereocenters. The van der Waals surface area contributed by atoms with Gasteiger partial charge in [0.25, 0.3) is 10.0 Å². The van der Waals surface area contributed by atoms with Crippen LogP contribution < -0.4 is 0 Å². The van der Waals surface area contributed by atoms with E-state index < -0.39 is 104 Å². The Bertz CT molecular complexity index is 1320. The van der Waals surface area contributed by atoms with Crippen LogP contribution in [0.3, 0.4) is 0 Å². The molecular formula is C16H6F25NO4S. The number of nitrogens with zero attached hydrogens (tertiary/aromatic N) is 1. The number of halogens is 25. The van der Waals surface area contributed by atoms with E-state index in [1.54, 1.807) is 0 Å². The molecule has 0 amide bonds. The predicted octanol–water partition coefficient (Wildman–Crippen LogP) is 7.40. The summed E-state index contributed by atoms with van der Waals surface area (Å²) in [5.74, 6) is -74.9. The van der Waals surface area contributed by atoms with Crippen molar-refractivity contribution in [1.82, 2.24) is 4.31 Å². The van der Waals surface area contributed by atoms with E-state index in [1.165, 1.54) is 0 Å². The summed E-state index contributed by atoms with van der Waals surface area (Å²) in [5.41, 5.74) is 0. The number of alkyl halides is 25. The lowest BCUT2D eigenvalue weighted by molar-refractivity contribution is -0.458. The molecule has 0 aromatic rings. The van der Waals surface area contributed by atoms with Crippen LogP contribution in [0.15, 0.2) is 12.7 Å². The van der Waals surface area contributed by atoms with Gasteiger partial charge in [-0.1, -0.05) is 6.58 Å². The molecule has 47 heavy (non-hydrogen) atoms. The van der Waals surface area contributed by atoms with Crippen molar-refractivity contribution in [3.8, 4) is 0 Å². The van der Waals surface area contributed by atoms with Gasteiger partial charge in [0, 0.05) is 13.1 Å². The van der Waals surface area contributed by atoms with Gasteiger partial charge < -0.3 is 4.74 Å². The number of sulfonamides is 1. The fourth-order valence-electron chi connectivity index (χ4n) is 2.44. The molecule has 0 aromatic heterocycles. The molecule has 0 saturated heterocycles. The molecule has 0 radical (unpaired) electrons. The summed E-state index contributed by atoms with van der Waals surface area (Å²) >= 11 is 0. The third-order valence-electron chi connectivity index (χ3n) is 5.31. The number of ether oxygens (including phenoxy) is 1. The molecule has 0 N–H and O–H groups in total. The maximum atomic E-state index is 14.1. The molecule has 0 aliphatic carbocycles. The van der Waals surface area contributed by atoms with E-state index in [-0.39, 0.29) is 0 Å². The number of hydrogen-bond acceptors (Lipinski definition) is 4. The van der Waals surface area contributed by atoms with Crippen LogP contribution in [0.1, 0.15) is 0 Å². The third kappa shape index (κ3) is 5.58. The van der Waals surface area contributed by atoms with E-state index in [1.807, 2.05) is 0 Å². The van der Waals surface area contributed by atoms with E-state index in [2.05, 4.69) is 11.3 Å². The number of carbonyl (C=O) groups excluding carboxylic acids is 1. The van der Waals surface area contributed by atoms with Crippen LogP contribution in [0.5, 0.6) is 0 Å². The highest BCUT2D eigenvalue weighted by molar-refractivity contribution is 7.90. The summed E-state index contributed by atoms with van der Waals surface area (Å²) in [7, 11) is -11.2. The van der Waals surface area contributed by atoms with Gasteiger partial charge in [-0.05, 0) is 0 Å². The Labute approximate surface area is 239 Å². The van der Waals surface area contributed by atoms with Gasteiger partial charge in [-0.2, -0.15) is 110 Å². The first-order valence-electron chi connectivity index (χ1n) is 9.92. The first-order chi connectivity index (χ1) is 19.9. The predicted molar refractivity (Wildman–Crippen MR) is 93.4 cm³/mol. The fraction of sp³-hybridized carbons (Fsp3) is 0.812. The summed E-state index contributed by atoms with van der Waals surface area (Å²) in [5, 5.41) is -8.97. The first kappa shape index (κ1) is 44.4. The zero-order chi connectivity index (χ0) is 39.1. The molecule has 0 atom stereocenters. The van der Waals surface area contributed by atoms with Gasteiger partial charge in [0.1, 0.15) is 0 Å². The highest BCUT2D eigenvalue weighted by atomic mass is 32.2. The maximum Gasteiger partial charge on any atom is 0.473 e. The van der Waals surface area contributed by atoms with E-state index in [4.69, 9.17) is 0 Å². The Morgan fingerprint density at radius 3 is 1.13 bits per heavy atom. The van der Waals surface area contributed by atoms with Crippen molar-refractivity contribution in [3.63, 3.8) is 0 Å². The molecule has 280 valence electrons. The average Bonchev–Trinajstić information content (AvgIpc) is 2.85. The standard InChI is InChI=1S/C16H6F25NO4S/c1-3-4(43)46-15(38,39)11(29,30)10(27,28)14(36,37)42(2)47(44,45)16(40,41)12(31,32)8(23,24)6(19,20)5(17,18)7(21,22)9(25,26)13(33,34)35/h3H,1H2,2H3. The smallest absolute Gasteiger partial charge is 0.393 e. The topological polar surface area (TPSA) is 63.7 Å². The Hall–Kier alpha value is -2.63.